The topological polar surface area (TPSA) is 0 Å². The van der Waals surface area contributed by atoms with Crippen LogP contribution in [0.3, 0.4) is 0 Å². The van der Waals surface area contributed by atoms with Crippen molar-refractivity contribution < 1.29 is 0 Å². The molecule has 0 aliphatic heterocycles. The van der Waals surface area contributed by atoms with E-state index in [1.54, 1.807) is 11.1 Å². The molecule has 0 saturated heterocycles. The minimum absolute atomic E-state index is 0.280. The van der Waals surface area contributed by atoms with Gasteiger partial charge in [0.2, 0.25) is 0 Å². The summed E-state index contributed by atoms with van der Waals surface area (Å²) in [7, 11) is 0. The van der Waals surface area contributed by atoms with E-state index in [0.29, 0.717) is 0 Å². The van der Waals surface area contributed by atoms with Crippen LogP contribution in [0.2, 0.25) is 0 Å². The van der Waals surface area contributed by atoms with Crippen LogP contribution in [-0.2, 0) is 5.41 Å². The Morgan fingerprint density at radius 3 is 2.39 bits per heavy atom. The fourth-order valence-corrected chi connectivity index (χ4v) is 4.65. The van der Waals surface area contributed by atoms with E-state index in [9.17, 15) is 0 Å². The maximum atomic E-state index is 2.42. The van der Waals surface area contributed by atoms with Crippen LogP contribution in [0.15, 0.2) is 18.2 Å². The van der Waals surface area contributed by atoms with Gasteiger partial charge in [-0.3, -0.25) is 0 Å². The van der Waals surface area contributed by atoms with E-state index in [-0.39, 0.29) is 5.41 Å². The van der Waals surface area contributed by atoms with Crippen LogP contribution in [0.1, 0.15) is 69.1 Å². The summed E-state index contributed by atoms with van der Waals surface area (Å²) in [5.41, 5.74) is 5.07. The average molecular weight is 242 g/mol. The van der Waals surface area contributed by atoms with Crippen molar-refractivity contribution in [3.8, 4) is 0 Å². The Hall–Kier alpha value is -0.780. The number of rotatable bonds is 1. The molecule has 2 bridgehead atoms. The van der Waals surface area contributed by atoms with Crippen LogP contribution >= 0.6 is 0 Å². The van der Waals surface area contributed by atoms with E-state index in [1.807, 2.05) is 0 Å². The van der Waals surface area contributed by atoms with E-state index >= 15 is 0 Å². The number of aryl methyl sites for hydroxylation is 1. The van der Waals surface area contributed by atoms with Crippen molar-refractivity contribution in [2.24, 2.45) is 11.8 Å². The summed E-state index contributed by atoms with van der Waals surface area (Å²) in [6.07, 6.45) is 5.93. The molecule has 3 unspecified atom stereocenters. The summed E-state index contributed by atoms with van der Waals surface area (Å²) < 4.78 is 0. The summed E-state index contributed by atoms with van der Waals surface area (Å²) in [4.78, 5) is 0. The highest BCUT2D eigenvalue weighted by molar-refractivity contribution is 5.42. The van der Waals surface area contributed by atoms with E-state index in [4.69, 9.17) is 0 Å². The van der Waals surface area contributed by atoms with Crippen molar-refractivity contribution >= 4 is 0 Å². The SMILES string of the molecule is Cc1cccc(C2CC3CCC2C3)c1C(C)(C)C. The number of benzene rings is 1. The minimum Gasteiger partial charge on any atom is -0.0617 e. The summed E-state index contributed by atoms with van der Waals surface area (Å²) in [5.74, 6) is 2.88. The second-order valence-electron chi connectivity index (χ2n) is 7.57. The summed E-state index contributed by atoms with van der Waals surface area (Å²) in [6, 6.07) is 6.97. The molecule has 1 aromatic carbocycles. The van der Waals surface area contributed by atoms with Gasteiger partial charge in [0.05, 0.1) is 0 Å². The quantitative estimate of drug-likeness (QED) is 0.635. The molecular formula is C18H26. The first-order chi connectivity index (χ1) is 8.47. The van der Waals surface area contributed by atoms with Gasteiger partial charge in [0.15, 0.2) is 0 Å². The maximum absolute atomic E-state index is 2.42. The molecule has 0 heterocycles. The fraction of sp³-hybridized carbons (Fsp3) is 0.667. The molecule has 1 aromatic rings. The highest BCUT2D eigenvalue weighted by atomic mass is 14.5. The molecule has 0 nitrogen and oxygen atoms in total. The summed E-state index contributed by atoms with van der Waals surface area (Å²) >= 11 is 0. The van der Waals surface area contributed by atoms with Crippen molar-refractivity contribution in [1.82, 2.24) is 0 Å². The van der Waals surface area contributed by atoms with E-state index < -0.39 is 0 Å². The Kier molecular flexibility index (Phi) is 2.80. The average Bonchev–Trinajstić information content (AvgIpc) is 2.88. The van der Waals surface area contributed by atoms with Crippen LogP contribution in [0.5, 0.6) is 0 Å². The predicted octanol–water partition coefficient (Wildman–Crippen LogP) is 5.20. The van der Waals surface area contributed by atoms with Gasteiger partial charge in [-0.25, -0.2) is 0 Å². The smallest absolute Gasteiger partial charge is 0.0126 e. The molecule has 98 valence electrons. The van der Waals surface area contributed by atoms with Gasteiger partial charge < -0.3 is 0 Å². The molecule has 2 fully saturated rings. The molecule has 2 aliphatic carbocycles. The molecule has 0 heteroatoms. The van der Waals surface area contributed by atoms with Crippen LogP contribution in [0.25, 0.3) is 0 Å². The first kappa shape index (κ1) is 12.3. The molecule has 2 aliphatic rings. The number of hydrogen-bond acceptors (Lipinski definition) is 0. The molecule has 0 radical (unpaired) electrons. The second kappa shape index (κ2) is 4.11. The lowest BCUT2D eigenvalue weighted by atomic mass is 9.73. The molecule has 0 spiro atoms. The summed E-state index contributed by atoms with van der Waals surface area (Å²) in [5, 5.41) is 0. The molecule has 3 rings (SSSR count). The number of fused-ring (bicyclic) bond motifs is 2. The molecule has 3 atom stereocenters. The fourth-order valence-electron chi connectivity index (χ4n) is 4.65. The zero-order valence-electron chi connectivity index (χ0n) is 12.3. The standard InChI is InChI=1S/C18H26/c1-12-6-5-7-15(17(12)18(2,3)4)16-11-13-8-9-14(16)10-13/h5-7,13-14,16H,8-11H2,1-4H3. The van der Waals surface area contributed by atoms with Crippen molar-refractivity contribution in [3.63, 3.8) is 0 Å². The van der Waals surface area contributed by atoms with Crippen LogP contribution < -0.4 is 0 Å². The lowest BCUT2D eigenvalue weighted by Crippen LogP contribution is -2.20. The highest BCUT2D eigenvalue weighted by Gasteiger charge is 2.41. The van der Waals surface area contributed by atoms with Crippen molar-refractivity contribution in [3.05, 3.63) is 34.9 Å². The molecule has 0 aromatic heterocycles. The van der Waals surface area contributed by atoms with Crippen LogP contribution in [0, 0.1) is 18.8 Å². The van der Waals surface area contributed by atoms with Crippen LogP contribution in [-0.4, -0.2) is 0 Å². The first-order valence-electron chi connectivity index (χ1n) is 7.57. The summed E-state index contributed by atoms with van der Waals surface area (Å²) in [6.45, 7) is 9.39. The largest absolute Gasteiger partial charge is 0.0617 e. The molecular weight excluding hydrogens is 216 g/mol. The second-order valence-corrected chi connectivity index (χ2v) is 7.57. The Morgan fingerprint density at radius 2 is 1.83 bits per heavy atom. The third kappa shape index (κ3) is 1.90. The van der Waals surface area contributed by atoms with E-state index in [0.717, 1.165) is 17.8 Å². The third-order valence-electron chi connectivity index (χ3n) is 5.19. The van der Waals surface area contributed by atoms with Gasteiger partial charge >= 0.3 is 0 Å². The van der Waals surface area contributed by atoms with Crippen molar-refractivity contribution in [2.45, 2.75) is 64.7 Å². The maximum Gasteiger partial charge on any atom is -0.0126 e. The first-order valence-corrected chi connectivity index (χ1v) is 7.57. The van der Waals surface area contributed by atoms with Gasteiger partial charge in [-0.05, 0) is 66.0 Å². The molecule has 18 heavy (non-hydrogen) atoms. The molecule has 0 amide bonds. The van der Waals surface area contributed by atoms with Gasteiger partial charge in [0.1, 0.15) is 0 Å². The van der Waals surface area contributed by atoms with Gasteiger partial charge in [0.25, 0.3) is 0 Å². The monoisotopic (exact) mass is 242 g/mol. The Labute approximate surface area is 112 Å². The Balaban J connectivity index is 2.04. The third-order valence-corrected chi connectivity index (χ3v) is 5.19. The lowest BCUT2D eigenvalue weighted by Gasteiger charge is -2.31. The van der Waals surface area contributed by atoms with Gasteiger partial charge in [-0.1, -0.05) is 45.4 Å². The van der Waals surface area contributed by atoms with E-state index in [1.165, 1.54) is 31.2 Å². The van der Waals surface area contributed by atoms with Crippen LogP contribution in [0.4, 0.5) is 0 Å². The minimum atomic E-state index is 0.280. The van der Waals surface area contributed by atoms with Gasteiger partial charge in [-0.2, -0.15) is 0 Å². The number of hydrogen-bond donors (Lipinski definition) is 0. The van der Waals surface area contributed by atoms with Gasteiger partial charge in [-0.15, -0.1) is 0 Å². The Bertz CT molecular complexity index is 450. The normalized spacial score (nSPS) is 31.0. The van der Waals surface area contributed by atoms with E-state index in [2.05, 4.69) is 45.9 Å². The van der Waals surface area contributed by atoms with Gasteiger partial charge in [0, 0.05) is 0 Å². The Morgan fingerprint density at radius 1 is 1.06 bits per heavy atom. The molecule has 0 N–H and O–H groups in total. The highest BCUT2D eigenvalue weighted by Crippen LogP contribution is 2.54. The zero-order chi connectivity index (χ0) is 12.9. The van der Waals surface area contributed by atoms with Crippen molar-refractivity contribution in [2.75, 3.05) is 0 Å². The lowest BCUT2D eigenvalue weighted by molar-refractivity contribution is 0.412. The zero-order valence-corrected chi connectivity index (χ0v) is 12.3. The predicted molar refractivity (Wildman–Crippen MR) is 78.1 cm³/mol. The molecule has 2 saturated carbocycles. The van der Waals surface area contributed by atoms with Crippen molar-refractivity contribution in [1.29, 1.82) is 0 Å².